The summed E-state index contributed by atoms with van der Waals surface area (Å²) < 4.78 is 46.2. The lowest BCUT2D eigenvalue weighted by Gasteiger charge is -2.20. The van der Waals surface area contributed by atoms with Gasteiger partial charge in [-0.25, -0.2) is 4.39 Å². The van der Waals surface area contributed by atoms with E-state index in [2.05, 4.69) is 4.74 Å². The first kappa shape index (κ1) is 13.4. The zero-order valence-corrected chi connectivity index (χ0v) is 9.58. The Balaban J connectivity index is 2.34. The summed E-state index contributed by atoms with van der Waals surface area (Å²) in [5.41, 5.74) is -2.56. The van der Waals surface area contributed by atoms with Gasteiger partial charge in [-0.15, -0.1) is 0 Å². The molecule has 1 aliphatic carbocycles. The van der Waals surface area contributed by atoms with E-state index in [-0.39, 0.29) is 5.92 Å². The van der Waals surface area contributed by atoms with Crippen LogP contribution >= 0.6 is 0 Å². The summed E-state index contributed by atoms with van der Waals surface area (Å²) in [5, 5.41) is 0. The molecular weight excluding hydrogens is 239 g/mol. The van der Waals surface area contributed by atoms with Gasteiger partial charge in [0.15, 0.2) is 0 Å². The molecule has 1 N–H and O–H groups in total. The molecule has 0 radical (unpaired) electrons. The fraction of sp³-hybridized carbons (Fsp3) is 0.889. The van der Waals surface area contributed by atoms with Crippen LogP contribution in [0.2, 0.25) is 0 Å². The predicted octanol–water partition coefficient (Wildman–Crippen LogP) is 1.29. The molecule has 0 saturated heterocycles. The highest BCUT2D eigenvalue weighted by Crippen LogP contribution is 2.24. The fourth-order valence-corrected chi connectivity index (χ4v) is 1.93. The monoisotopic (exact) mass is 254 g/mol. The second-order valence-corrected chi connectivity index (χ2v) is 5.43. The molecule has 7 heteroatoms. The normalized spacial score (nSPS) is 20.4. The molecule has 0 aromatic rings. The van der Waals surface area contributed by atoms with Crippen molar-refractivity contribution in [3.8, 4) is 0 Å². The molecular formula is C9H15FO5S. The predicted molar refractivity (Wildman–Crippen MR) is 54.0 cm³/mol. The molecule has 0 aliphatic heterocycles. The smallest absolute Gasteiger partial charge is 0.309 e. The van der Waals surface area contributed by atoms with Gasteiger partial charge in [-0.1, -0.05) is 19.3 Å². The second-order valence-electron chi connectivity index (χ2n) is 3.89. The number of esters is 1. The summed E-state index contributed by atoms with van der Waals surface area (Å²) in [4.78, 5) is 11.4. The molecule has 0 unspecified atom stereocenters. The van der Waals surface area contributed by atoms with Crippen LogP contribution in [-0.2, 0) is 19.6 Å². The standard InChI is InChI=1S/C9H15FO5S/c10-8(16(12,13)14)6-15-9(11)7-4-2-1-3-5-7/h7-8H,1-6H2,(H,12,13,14)/t8-/m1/s1. The number of halogens is 1. The van der Waals surface area contributed by atoms with Crippen LogP contribution in [0.1, 0.15) is 32.1 Å². The van der Waals surface area contributed by atoms with Crippen molar-refractivity contribution in [1.82, 2.24) is 0 Å². The summed E-state index contributed by atoms with van der Waals surface area (Å²) in [6, 6.07) is 0. The largest absolute Gasteiger partial charge is 0.461 e. The Morgan fingerprint density at radius 1 is 1.38 bits per heavy atom. The van der Waals surface area contributed by atoms with Crippen molar-refractivity contribution in [1.29, 1.82) is 0 Å². The van der Waals surface area contributed by atoms with Crippen molar-refractivity contribution < 1.29 is 26.9 Å². The first-order valence-electron chi connectivity index (χ1n) is 5.18. The molecule has 0 heterocycles. The Hall–Kier alpha value is -0.690. The van der Waals surface area contributed by atoms with E-state index in [1.165, 1.54) is 0 Å². The molecule has 5 nitrogen and oxygen atoms in total. The lowest BCUT2D eigenvalue weighted by Crippen LogP contribution is -2.27. The van der Waals surface area contributed by atoms with E-state index in [0.29, 0.717) is 12.8 Å². The molecule has 1 rings (SSSR count). The van der Waals surface area contributed by atoms with E-state index >= 15 is 0 Å². The zero-order valence-electron chi connectivity index (χ0n) is 8.76. The number of carbonyl (C=O) groups is 1. The van der Waals surface area contributed by atoms with Crippen molar-refractivity contribution >= 4 is 16.1 Å². The summed E-state index contributed by atoms with van der Waals surface area (Å²) in [6.45, 7) is -0.936. The highest BCUT2D eigenvalue weighted by Gasteiger charge is 2.27. The maximum Gasteiger partial charge on any atom is 0.309 e. The minimum absolute atomic E-state index is 0.262. The molecule has 16 heavy (non-hydrogen) atoms. The number of alkyl halides is 1. The molecule has 0 aromatic heterocycles. The van der Waals surface area contributed by atoms with Gasteiger partial charge in [-0.2, -0.15) is 8.42 Å². The number of carbonyl (C=O) groups excluding carboxylic acids is 1. The van der Waals surface area contributed by atoms with Gasteiger partial charge in [-0.05, 0) is 12.8 Å². The highest BCUT2D eigenvalue weighted by molar-refractivity contribution is 7.86. The summed E-state index contributed by atoms with van der Waals surface area (Å²) in [7, 11) is -4.77. The van der Waals surface area contributed by atoms with Crippen molar-refractivity contribution in [3.05, 3.63) is 0 Å². The van der Waals surface area contributed by atoms with Crippen molar-refractivity contribution in [2.45, 2.75) is 37.6 Å². The maximum atomic E-state index is 12.7. The van der Waals surface area contributed by atoms with Crippen LogP contribution in [0.4, 0.5) is 4.39 Å². The Kier molecular flexibility index (Phi) is 4.67. The lowest BCUT2D eigenvalue weighted by atomic mass is 9.89. The van der Waals surface area contributed by atoms with Crippen molar-refractivity contribution in [3.63, 3.8) is 0 Å². The third-order valence-corrected chi connectivity index (χ3v) is 3.40. The third kappa shape index (κ3) is 4.05. The molecule has 0 spiro atoms. The van der Waals surface area contributed by atoms with Crippen LogP contribution in [0.3, 0.4) is 0 Å². The SMILES string of the molecule is O=C(OC[C@H](F)S(=O)(=O)O)C1CCCCC1. The molecule has 94 valence electrons. The average molecular weight is 254 g/mol. The van der Waals surface area contributed by atoms with Gasteiger partial charge in [0.05, 0.1) is 5.92 Å². The average Bonchev–Trinajstić information content (AvgIpc) is 2.25. The lowest BCUT2D eigenvalue weighted by molar-refractivity contribution is -0.150. The van der Waals surface area contributed by atoms with E-state index < -0.39 is 28.2 Å². The summed E-state index contributed by atoms with van der Waals surface area (Å²) in [6.07, 6.45) is 4.32. The first-order valence-corrected chi connectivity index (χ1v) is 6.68. The van der Waals surface area contributed by atoms with Crippen LogP contribution < -0.4 is 0 Å². The van der Waals surface area contributed by atoms with Gasteiger partial charge in [0, 0.05) is 0 Å². The van der Waals surface area contributed by atoms with Crippen LogP contribution in [0.25, 0.3) is 0 Å². The van der Waals surface area contributed by atoms with Crippen LogP contribution in [0.15, 0.2) is 0 Å². The van der Waals surface area contributed by atoms with Crippen LogP contribution in [-0.4, -0.2) is 31.1 Å². The molecule has 1 saturated carbocycles. The first-order chi connectivity index (χ1) is 7.41. The number of hydrogen-bond acceptors (Lipinski definition) is 4. The Bertz CT molecular complexity index is 334. The van der Waals surface area contributed by atoms with Crippen LogP contribution in [0, 0.1) is 5.92 Å². The quantitative estimate of drug-likeness (QED) is 0.604. The number of rotatable bonds is 4. The Labute approximate surface area is 93.7 Å². The van der Waals surface area contributed by atoms with Gasteiger partial charge in [0.1, 0.15) is 6.61 Å². The van der Waals surface area contributed by atoms with E-state index in [9.17, 15) is 17.6 Å². The molecule has 0 amide bonds. The van der Waals surface area contributed by atoms with Gasteiger partial charge in [0.2, 0.25) is 0 Å². The molecule has 1 aliphatic rings. The number of ether oxygens (including phenoxy) is 1. The van der Waals surface area contributed by atoms with Gasteiger partial charge >= 0.3 is 16.1 Å². The minimum atomic E-state index is -4.77. The van der Waals surface area contributed by atoms with Gasteiger partial charge < -0.3 is 4.74 Å². The van der Waals surface area contributed by atoms with E-state index in [4.69, 9.17) is 4.55 Å². The van der Waals surface area contributed by atoms with Gasteiger partial charge in [0.25, 0.3) is 5.50 Å². The topological polar surface area (TPSA) is 80.7 Å². The zero-order chi connectivity index (χ0) is 12.2. The minimum Gasteiger partial charge on any atom is -0.461 e. The third-order valence-electron chi connectivity index (χ3n) is 2.62. The molecule has 0 bridgehead atoms. The maximum absolute atomic E-state index is 12.7. The van der Waals surface area contributed by atoms with Gasteiger partial charge in [-0.3, -0.25) is 9.35 Å². The van der Waals surface area contributed by atoms with Crippen molar-refractivity contribution in [2.24, 2.45) is 5.92 Å². The summed E-state index contributed by atoms with van der Waals surface area (Å²) >= 11 is 0. The molecule has 0 aromatic carbocycles. The van der Waals surface area contributed by atoms with E-state index in [1.54, 1.807) is 0 Å². The summed E-state index contributed by atoms with van der Waals surface area (Å²) in [5.74, 6) is -0.839. The molecule has 1 atom stereocenters. The van der Waals surface area contributed by atoms with E-state index in [1.807, 2.05) is 0 Å². The Morgan fingerprint density at radius 2 is 1.94 bits per heavy atom. The Morgan fingerprint density at radius 3 is 2.44 bits per heavy atom. The van der Waals surface area contributed by atoms with E-state index in [0.717, 1.165) is 19.3 Å². The highest BCUT2D eigenvalue weighted by atomic mass is 32.2. The van der Waals surface area contributed by atoms with Crippen molar-refractivity contribution in [2.75, 3.05) is 6.61 Å². The number of hydrogen-bond donors (Lipinski definition) is 1. The second kappa shape index (κ2) is 5.58. The fourth-order valence-electron chi connectivity index (χ4n) is 1.69. The van der Waals surface area contributed by atoms with Crippen LogP contribution in [0.5, 0.6) is 0 Å². The molecule has 1 fully saturated rings.